The first kappa shape index (κ1) is 14.6. The molecule has 3 nitrogen and oxygen atoms in total. The Labute approximate surface area is 126 Å². The Morgan fingerprint density at radius 2 is 1.90 bits per heavy atom. The van der Waals surface area contributed by atoms with Crippen molar-refractivity contribution in [3.63, 3.8) is 0 Å². The molecule has 0 amide bonds. The van der Waals surface area contributed by atoms with E-state index < -0.39 is 0 Å². The molecular formula is C16H15BrO3. The van der Waals surface area contributed by atoms with E-state index in [1.807, 2.05) is 30.3 Å². The van der Waals surface area contributed by atoms with Crippen molar-refractivity contribution < 1.29 is 14.3 Å². The normalized spacial score (nSPS) is 10.1. The molecule has 2 aromatic rings. The first-order chi connectivity index (χ1) is 9.69. The van der Waals surface area contributed by atoms with Gasteiger partial charge in [0, 0.05) is 4.47 Å². The molecular weight excluding hydrogens is 320 g/mol. The summed E-state index contributed by atoms with van der Waals surface area (Å²) >= 11 is 3.39. The van der Waals surface area contributed by atoms with Crippen LogP contribution in [0.1, 0.15) is 22.8 Å². The Hall–Kier alpha value is -1.81. The second-order valence-corrected chi connectivity index (χ2v) is 5.08. The average Bonchev–Trinajstić information content (AvgIpc) is 2.47. The van der Waals surface area contributed by atoms with Gasteiger partial charge in [-0.15, -0.1) is 0 Å². The fourth-order valence-electron chi connectivity index (χ4n) is 1.67. The standard InChI is InChI=1S/C16H15BrO3/c1-2-19-16(18)13-4-3-5-15(10-13)20-11-12-6-8-14(17)9-7-12/h3-10H,2,11H2,1H3. The van der Waals surface area contributed by atoms with Crippen LogP contribution in [0.4, 0.5) is 0 Å². The predicted octanol–water partition coefficient (Wildman–Crippen LogP) is 4.20. The Morgan fingerprint density at radius 3 is 2.60 bits per heavy atom. The van der Waals surface area contributed by atoms with Crippen LogP contribution < -0.4 is 4.74 Å². The number of carbonyl (C=O) groups is 1. The van der Waals surface area contributed by atoms with Crippen molar-refractivity contribution in [2.75, 3.05) is 6.61 Å². The van der Waals surface area contributed by atoms with Crippen molar-refractivity contribution in [1.29, 1.82) is 0 Å². The lowest BCUT2D eigenvalue weighted by Crippen LogP contribution is -2.05. The molecule has 0 saturated carbocycles. The summed E-state index contributed by atoms with van der Waals surface area (Å²) in [5.74, 6) is 0.320. The smallest absolute Gasteiger partial charge is 0.338 e. The molecule has 2 aromatic carbocycles. The van der Waals surface area contributed by atoms with Crippen molar-refractivity contribution in [2.45, 2.75) is 13.5 Å². The number of hydrogen-bond acceptors (Lipinski definition) is 3. The van der Waals surface area contributed by atoms with E-state index in [2.05, 4.69) is 15.9 Å². The number of rotatable bonds is 5. The van der Waals surface area contributed by atoms with Gasteiger partial charge in [0.15, 0.2) is 0 Å². The topological polar surface area (TPSA) is 35.5 Å². The highest BCUT2D eigenvalue weighted by Gasteiger charge is 2.07. The van der Waals surface area contributed by atoms with Crippen molar-refractivity contribution in [3.05, 3.63) is 64.1 Å². The van der Waals surface area contributed by atoms with Crippen molar-refractivity contribution in [2.24, 2.45) is 0 Å². The summed E-state index contributed by atoms with van der Waals surface area (Å²) in [6.07, 6.45) is 0. The van der Waals surface area contributed by atoms with Gasteiger partial charge in [-0.1, -0.05) is 34.1 Å². The van der Waals surface area contributed by atoms with E-state index in [1.54, 1.807) is 25.1 Å². The van der Waals surface area contributed by atoms with Gasteiger partial charge in [0.05, 0.1) is 12.2 Å². The largest absolute Gasteiger partial charge is 0.489 e. The first-order valence-electron chi connectivity index (χ1n) is 6.33. The summed E-state index contributed by atoms with van der Waals surface area (Å²) in [4.78, 5) is 11.6. The van der Waals surface area contributed by atoms with E-state index in [4.69, 9.17) is 9.47 Å². The molecule has 104 valence electrons. The van der Waals surface area contributed by atoms with Gasteiger partial charge in [-0.25, -0.2) is 4.79 Å². The van der Waals surface area contributed by atoms with Gasteiger partial charge in [-0.2, -0.15) is 0 Å². The van der Waals surface area contributed by atoms with Gasteiger partial charge in [0.1, 0.15) is 12.4 Å². The summed E-state index contributed by atoms with van der Waals surface area (Å²) in [6.45, 7) is 2.61. The molecule has 0 atom stereocenters. The number of carbonyl (C=O) groups excluding carboxylic acids is 1. The van der Waals surface area contributed by atoms with E-state index in [1.165, 1.54) is 0 Å². The second kappa shape index (κ2) is 7.10. The van der Waals surface area contributed by atoms with E-state index in [9.17, 15) is 4.79 Å². The highest BCUT2D eigenvalue weighted by atomic mass is 79.9. The number of benzene rings is 2. The Morgan fingerprint density at radius 1 is 1.15 bits per heavy atom. The number of halogens is 1. The van der Waals surface area contributed by atoms with Crippen LogP contribution in [0.5, 0.6) is 5.75 Å². The van der Waals surface area contributed by atoms with Gasteiger partial charge in [0.25, 0.3) is 0 Å². The SMILES string of the molecule is CCOC(=O)c1cccc(OCc2ccc(Br)cc2)c1. The molecule has 0 bridgehead atoms. The first-order valence-corrected chi connectivity index (χ1v) is 7.13. The van der Waals surface area contributed by atoms with Crippen LogP contribution in [-0.4, -0.2) is 12.6 Å². The van der Waals surface area contributed by atoms with Crippen LogP contribution >= 0.6 is 15.9 Å². The average molecular weight is 335 g/mol. The molecule has 0 heterocycles. The lowest BCUT2D eigenvalue weighted by atomic mass is 10.2. The van der Waals surface area contributed by atoms with Gasteiger partial charge >= 0.3 is 5.97 Å². The summed E-state index contributed by atoms with van der Waals surface area (Å²) in [5.41, 5.74) is 1.56. The van der Waals surface area contributed by atoms with E-state index >= 15 is 0 Å². The fourth-order valence-corrected chi connectivity index (χ4v) is 1.94. The number of hydrogen-bond donors (Lipinski definition) is 0. The highest BCUT2D eigenvalue weighted by molar-refractivity contribution is 9.10. The van der Waals surface area contributed by atoms with Crippen molar-refractivity contribution in [1.82, 2.24) is 0 Å². The summed E-state index contributed by atoms with van der Waals surface area (Å²) in [5, 5.41) is 0. The maximum atomic E-state index is 11.6. The minimum absolute atomic E-state index is 0.332. The molecule has 2 rings (SSSR count). The van der Waals surface area contributed by atoms with Gasteiger partial charge in [0.2, 0.25) is 0 Å². The Balaban J connectivity index is 2.01. The number of esters is 1. The molecule has 0 unspecified atom stereocenters. The molecule has 0 saturated heterocycles. The third-order valence-electron chi connectivity index (χ3n) is 2.66. The third-order valence-corrected chi connectivity index (χ3v) is 3.19. The van der Waals surface area contributed by atoms with Crippen molar-refractivity contribution in [3.8, 4) is 5.75 Å². The van der Waals surface area contributed by atoms with Gasteiger partial charge in [-0.05, 0) is 42.8 Å². The van der Waals surface area contributed by atoms with Crippen LogP contribution in [0, 0.1) is 0 Å². The third kappa shape index (κ3) is 4.10. The molecule has 0 radical (unpaired) electrons. The molecule has 20 heavy (non-hydrogen) atoms. The minimum Gasteiger partial charge on any atom is -0.489 e. The molecule has 0 aliphatic rings. The van der Waals surface area contributed by atoms with E-state index in [0.717, 1.165) is 10.0 Å². The molecule has 0 spiro atoms. The van der Waals surface area contributed by atoms with Crippen LogP contribution in [-0.2, 0) is 11.3 Å². The minimum atomic E-state index is -0.332. The zero-order chi connectivity index (χ0) is 14.4. The maximum absolute atomic E-state index is 11.6. The second-order valence-electron chi connectivity index (χ2n) is 4.16. The molecule has 0 aromatic heterocycles. The number of ether oxygens (including phenoxy) is 2. The van der Waals surface area contributed by atoms with Crippen LogP contribution in [0.15, 0.2) is 53.0 Å². The molecule has 0 aliphatic carbocycles. The van der Waals surface area contributed by atoms with Crippen LogP contribution in [0.25, 0.3) is 0 Å². The molecule has 4 heteroatoms. The predicted molar refractivity (Wildman–Crippen MR) is 80.9 cm³/mol. The van der Waals surface area contributed by atoms with Crippen LogP contribution in [0.2, 0.25) is 0 Å². The summed E-state index contributed by atoms with van der Waals surface area (Å²) in [6, 6.07) is 14.9. The highest BCUT2D eigenvalue weighted by Crippen LogP contribution is 2.17. The quantitative estimate of drug-likeness (QED) is 0.768. The maximum Gasteiger partial charge on any atom is 0.338 e. The molecule has 0 aliphatic heterocycles. The summed E-state index contributed by atoms with van der Waals surface area (Å²) < 4.78 is 11.7. The van der Waals surface area contributed by atoms with Gasteiger partial charge < -0.3 is 9.47 Å². The van der Waals surface area contributed by atoms with E-state index in [0.29, 0.717) is 24.5 Å². The lowest BCUT2D eigenvalue weighted by molar-refractivity contribution is 0.0526. The lowest BCUT2D eigenvalue weighted by Gasteiger charge is -2.08. The fraction of sp³-hybridized carbons (Fsp3) is 0.188. The van der Waals surface area contributed by atoms with Crippen LogP contribution in [0.3, 0.4) is 0 Å². The zero-order valence-corrected chi connectivity index (χ0v) is 12.7. The Kier molecular flexibility index (Phi) is 5.18. The monoisotopic (exact) mass is 334 g/mol. The zero-order valence-electron chi connectivity index (χ0n) is 11.1. The molecule has 0 fully saturated rings. The van der Waals surface area contributed by atoms with Gasteiger partial charge in [-0.3, -0.25) is 0 Å². The van der Waals surface area contributed by atoms with Crippen molar-refractivity contribution >= 4 is 21.9 Å². The Bertz CT molecular complexity index is 579. The summed E-state index contributed by atoms with van der Waals surface area (Å²) in [7, 11) is 0. The molecule has 0 N–H and O–H groups in total. The van der Waals surface area contributed by atoms with E-state index in [-0.39, 0.29) is 5.97 Å².